The van der Waals surface area contributed by atoms with Crippen molar-refractivity contribution in [2.75, 3.05) is 0 Å². The van der Waals surface area contributed by atoms with Crippen LogP contribution in [0.15, 0.2) is 69.2 Å². The minimum absolute atomic E-state index is 0.287. The molecule has 4 rings (SSSR count). The monoisotopic (exact) mass is 426 g/mol. The van der Waals surface area contributed by atoms with Crippen molar-refractivity contribution in [1.29, 1.82) is 0 Å². The van der Waals surface area contributed by atoms with E-state index in [1.165, 1.54) is 27.4 Å². The summed E-state index contributed by atoms with van der Waals surface area (Å²) in [5.74, 6) is 0.739. The van der Waals surface area contributed by atoms with E-state index in [1.807, 2.05) is 30.3 Å². The van der Waals surface area contributed by atoms with E-state index >= 15 is 0 Å². The summed E-state index contributed by atoms with van der Waals surface area (Å²) in [5.41, 5.74) is 4.48. The molecular weight excluding hydrogens is 412 g/mol. The number of aromatic amines is 1. The number of benzene rings is 2. The van der Waals surface area contributed by atoms with Crippen LogP contribution in [-0.4, -0.2) is 19.6 Å². The molecule has 2 heterocycles. The van der Waals surface area contributed by atoms with E-state index in [-0.39, 0.29) is 5.69 Å². The number of nitrogens with one attached hydrogen (secondary N) is 1. The van der Waals surface area contributed by atoms with Crippen LogP contribution in [0.3, 0.4) is 0 Å². The van der Waals surface area contributed by atoms with Gasteiger partial charge in [-0.3, -0.25) is 4.98 Å². The number of fused-ring (bicyclic) bond motifs is 1. The molecule has 0 aliphatic heterocycles. The quantitative estimate of drug-likeness (QED) is 0.489. The lowest BCUT2D eigenvalue weighted by molar-refractivity contribution is 0.786. The summed E-state index contributed by atoms with van der Waals surface area (Å²) in [6.07, 6.45) is 1.68. The zero-order valence-corrected chi connectivity index (χ0v) is 16.3. The third-order valence-electron chi connectivity index (χ3n) is 3.97. The Balaban J connectivity index is 1.69. The van der Waals surface area contributed by atoms with Crippen molar-refractivity contribution in [3.63, 3.8) is 0 Å². The summed E-state index contributed by atoms with van der Waals surface area (Å²) in [4.78, 5) is 19.8. The van der Waals surface area contributed by atoms with E-state index in [4.69, 9.17) is 0 Å². The Morgan fingerprint density at radius 2 is 2.00 bits per heavy atom. The first-order chi connectivity index (χ1) is 12.6. The summed E-state index contributed by atoms with van der Waals surface area (Å²) in [6, 6.07) is 16.2. The molecule has 0 bridgehead atoms. The number of H-pyrrole nitrogens is 1. The van der Waals surface area contributed by atoms with Gasteiger partial charge in [0.2, 0.25) is 0 Å². The van der Waals surface area contributed by atoms with Crippen LogP contribution in [0.25, 0.3) is 16.8 Å². The molecule has 0 spiro atoms. The number of hydrogen-bond donors (Lipinski definition) is 1. The highest BCUT2D eigenvalue weighted by atomic mass is 79.9. The number of nitrogens with zero attached hydrogens (tertiary/aromatic N) is 3. The Hall–Kier alpha value is -2.38. The Morgan fingerprint density at radius 3 is 2.77 bits per heavy atom. The van der Waals surface area contributed by atoms with Crippen LogP contribution >= 0.6 is 27.7 Å². The standard InChI is InChI=1S/C19H15BrN4OS/c1-12-3-2-4-13(9-12)11-26-18-22-17-16(10-21-24(17)19(25)23-18)14-5-7-15(20)8-6-14/h2-10H,11H2,1H3,(H,22,23,25). The molecule has 5 nitrogen and oxygen atoms in total. The summed E-state index contributed by atoms with van der Waals surface area (Å²) >= 11 is 4.94. The van der Waals surface area contributed by atoms with Gasteiger partial charge in [-0.05, 0) is 30.2 Å². The highest BCUT2D eigenvalue weighted by Crippen LogP contribution is 2.26. The normalized spacial score (nSPS) is 11.2. The van der Waals surface area contributed by atoms with Gasteiger partial charge < -0.3 is 0 Å². The maximum Gasteiger partial charge on any atom is 0.350 e. The highest BCUT2D eigenvalue weighted by molar-refractivity contribution is 9.10. The Kier molecular flexibility index (Phi) is 4.65. The van der Waals surface area contributed by atoms with Gasteiger partial charge >= 0.3 is 5.69 Å². The first-order valence-corrected chi connectivity index (χ1v) is 9.80. The van der Waals surface area contributed by atoms with Crippen molar-refractivity contribution in [2.24, 2.45) is 0 Å². The molecule has 0 aliphatic carbocycles. The van der Waals surface area contributed by atoms with E-state index in [9.17, 15) is 4.79 Å². The molecule has 0 fully saturated rings. The number of rotatable bonds is 4. The molecule has 2 aromatic heterocycles. The number of hydrogen-bond acceptors (Lipinski definition) is 4. The van der Waals surface area contributed by atoms with Crippen molar-refractivity contribution < 1.29 is 0 Å². The second-order valence-electron chi connectivity index (χ2n) is 5.93. The molecule has 0 saturated carbocycles. The van der Waals surface area contributed by atoms with Crippen LogP contribution in [0.2, 0.25) is 0 Å². The Labute approximate surface area is 162 Å². The number of halogens is 1. The predicted octanol–water partition coefficient (Wildman–Crippen LogP) is 4.45. The van der Waals surface area contributed by atoms with Crippen LogP contribution in [-0.2, 0) is 5.75 Å². The maximum absolute atomic E-state index is 12.3. The largest absolute Gasteiger partial charge is 0.350 e. The van der Waals surface area contributed by atoms with Gasteiger partial charge in [0, 0.05) is 15.8 Å². The van der Waals surface area contributed by atoms with Crippen LogP contribution in [0.5, 0.6) is 0 Å². The van der Waals surface area contributed by atoms with Gasteiger partial charge in [0.15, 0.2) is 10.8 Å². The Morgan fingerprint density at radius 1 is 1.19 bits per heavy atom. The zero-order chi connectivity index (χ0) is 18.1. The molecule has 26 heavy (non-hydrogen) atoms. The molecule has 2 aromatic carbocycles. The maximum atomic E-state index is 12.3. The smallest absolute Gasteiger partial charge is 0.285 e. The van der Waals surface area contributed by atoms with E-state index in [1.54, 1.807) is 6.20 Å². The van der Waals surface area contributed by atoms with Gasteiger partial charge in [-0.15, -0.1) is 0 Å². The van der Waals surface area contributed by atoms with E-state index in [0.717, 1.165) is 21.4 Å². The lowest BCUT2D eigenvalue weighted by Crippen LogP contribution is -2.19. The molecule has 0 radical (unpaired) electrons. The third kappa shape index (κ3) is 3.45. The Bertz CT molecular complexity index is 1130. The molecule has 7 heteroatoms. The van der Waals surface area contributed by atoms with Gasteiger partial charge in [0.05, 0.1) is 6.20 Å². The number of aromatic nitrogens is 4. The average molecular weight is 427 g/mol. The minimum Gasteiger partial charge on any atom is -0.285 e. The molecule has 0 amide bonds. The summed E-state index contributed by atoms with van der Waals surface area (Å²) in [5, 5.41) is 4.76. The molecule has 1 N–H and O–H groups in total. The lowest BCUT2D eigenvalue weighted by Gasteiger charge is -2.04. The van der Waals surface area contributed by atoms with Crippen LogP contribution in [0.4, 0.5) is 0 Å². The second kappa shape index (κ2) is 7.09. The van der Waals surface area contributed by atoms with Gasteiger partial charge in [0.1, 0.15) is 0 Å². The molecule has 0 unspecified atom stereocenters. The topological polar surface area (TPSA) is 63.1 Å². The first-order valence-electron chi connectivity index (χ1n) is 8.02. The van der Waals surface area contributed by atoms with E-state index < -0.39 is 0 Å². The fraction of sp³-hybridized carbons (Fsp3) is 0.105. The molecule has 4 aromatic rings. The van der Waals surface area contributed by atoms with E-state index in [0.29, 0.717) is 10.8 Å². The molecule has 130 valence electrons. The van der Waals surface area contributed by atoms with Crippen LogP contribution in [0, 0.1) is 6.92 Å². The predicted molar refractivity (Wildman–Crippen MR) is 107 cm³/mol. The van der Waals surface area contributed by atoms with E-state index in [2.05, 4.69) is 56.1 Å². The van der Waals surface area contributed by atoms with Crippen LogP contribution < -0.4 is 5.69 Å². The van der Waals surface area contributed by atoms with Crippen molar-refractivity contribution in [2.45, 2.75) is 17.8 Å². The van der Waals surface area contributed by atoms with Gasteiger partial charge in [-0.1, -0.05) is 69.7 Å². The molecular formula is C19H15BrN4OS. The summed E-state index contributed by atoms with van der Waals surface area (Å²) < 4.78 is 2.30. The fourth-order valence-electron chi connectivity index (χ4n) is 2.72. The SMILES string of the molecule is Cc1cccc(CSc2nc3c(-c4ccc(Br)cc4)cnn3c(=O)[nH]2)c1. The van der Waals surface area contributed by atoms with Crippen molar-refractivity contribution in [3.8, 4) is 11.1 Å². The van der Waals surface area contributed by atoms with Gasteiger partial charge in [-0.2, -0.15) is 9.61 Å². The third-order valence-corrected chi connectivity index (χ3v) is 5.44. The zero-order valence-electron chi connectivity index (χ0n) is 13.9. The molecule has 0 aliphatic rings. The number of aryl methyl sites for hydroxylation is 1. The lowest BCUT2D eigenvalue weighted by atomic mass is 10.1. The second-order valence-corrected chi connectivity index (χ2v) is 7.81. The number of thioether (sulfide) groups is 1. The van der Waals surface area contributed by atoms with Gasteiger partial charge in [-0.25, -0.2) is 9.78 Å². The van der Waals surface area contributed by atoms with Crippen molar-refractivity contribution >= 4 is 33.3 Å². The van der Waals surface area contributed by atoms with Crippen molar-refractivity contribution in [3.05, 3.63) is 80.8 Å². The highest BCUT2D eigenvalue weighted by Gasteiger charge is 2.12. The van der Waals surface area contributed by atoms with Crippen molar-refractivity contribution in [1.82, 2.24) is 19.6 Å². The molecule has 0 atom stereocenters. The first kappa shape index (κ1) is 17.1. The molecule has 0 saturated heterocycles. The average Bonchev–Trinajstić information content (AvgIpc) is 3.05. The minimum atomic E-state index is -0.287. The fourth-order valence-corrected chi connectivity index (χ4v) is 3.78. The summed E-state index contributed by atoms with van der Waals surface area (Å²) in [7, 11) is 0. The van der Waals surface area contributed by atoms with Crippen LogP contribution in [0.1, 0.15) is 11.1 Å². The van der Waals surface area contributed by atoms with Gasteiger partial charge in [0.25, 0.3) is 0 Å². The summed E-state index contributed by atoms with van der Waals surface area (Å²) in [6.45, 7) is 2.07.